The molecule has 0 bridgehead atoms. The van der Waals surface area contributed by atoms with Crippen molar-refractivity contribution in [1.82, 2.24) is 20.1 Å². The first kappa shape index (κ1) is 13.3. The molecular formula is C13H16N4O2S. The number of hydrogen-bond acceptors (Lipinski definition) is 5. The van der Waals surface area contributed by atoms with Crippen LogP contribution in [0, 0.1) is 0 Å². The number of aliphatic hydroxyl groups excluding tert-OH is 1. The van der Waals surface area contributed by atoms with Crippen molar-refractivity contribution >= 4 is 17.2 Å². The van der Waals surface area contributed by atoms with Gasteiger partial charge in [-0.3, -0.25) is 9.48 Å². The molecule has 1 atom stereocenters. The summed E-state index contributed by atoms with van der Waals surface area (Å²) in [6, 6.07) is -0.0135. The van der Waals surface area contributed by atoms with Gasteiger partial charge in [0, 0.05) is 16.6 Å². The summed E-state index contributed by atoms with van der Waals surface area (Å²) in [5.41, 5.74) is 4.30. The van der Waals surface area contributed by atoms with E-state index in [1.807, 2.05) is 4.68 Å². The maximum absolute atomic E-state index is 12.1. The molecule has 0 spiro atoms. The van der Waals surface area contributed by atoms with Gasteiger partial charge in [0.05, 0.1) is 30.9 Å². The average Bonchev–Trinajstić information content (AvgIpc) is 3.09. The van der Waals surface area contributed by atoms with Crippen LogP contribution in [0.2, 0.25) is 0 Å². The number of thiazole rings is 1. The van der Waals surface area contributed by atoms with Crippen LogP contribution in [0.15, 0.2) is 17.1 Å². The van der Waals surface area contributed by atoms with Crippen LogP contribution in [0.3, 0.4) is 0 Å². The Kier molecular flexibility index (Phi) is 3.79. The highest BCUT2D eigenvalue weighted by Crippen LogP contribution is 2.29. The van der Waals surface area contributed by atoms with E-state index in [1.165, 1.54) is 11.3 Å². The van der Waals surface area contributed by atoms with Crippen LogP contribution in [-0.4, -0.2) is 32.4 Å². The summed E-state index contributed by atoms with van der Waals surface area (Å²) >= 11 is 1.41. The Balaban J connectivity index is 1.78. The Bertz CT molecular complexity index is 594. The summed E-state index contributed by atoms with van der Waals surface area (Å²) in [6.07, 6.45) is 4.66. The minimum atomic E-state index is -0.140. The Morgan fingerprint density at radius 3 is 3.25 bits per heavy atom. The van der Waals surface area contributed by atoms with Crippen LogP contribution >= 0.6 is 11.3 Å². The van der Waals surface area contributed by atoms with E-state index in [4.69, 9.17) is 5.11 Å². The number of carbonyl (C=O) groups excluding carboxylic acids is 1. The lowest BCUT2D eigenvalue weighted by Gasteiger charge is -2.23. The number of nitrogens with zero attached hydrogens (tertiary/aromatic N) is 3. The zero-order chi connectivity index (χ0) is 13.9. The molecule has 0 aliphatic heterocycles. The molecule has 1 aliphatic carbocycles. The summed E-state index contributed by atoms with van der Waals surface area (Å²) in [6.45, 7) is 0.575. The highest BCUT2D eigenvalue weighted by Gasteiger charge is 2.26. The third-order valence-corrected chi connectivity index (χ3v) is 4.13. The fourth-order valence-electron chi connectivity index (χ4n) is 2.61. The topological polar surface area (TPSA) is 80.0 Å². The molecule has 0 radical (unpaired) electrons. The van der Waals surface area contributed by atoms with Crippen molar-refractivity contribution in [3.05, 3.63) is 34.0 Å². The van der Waals surface area contributed by atoms with Crippen molar-refractivity contribution in [2.75, 3.05) is 6.61 Å². The molecular weight excluding hydrogens is 276 g/mol. The van der Waals surface area contributed by atoms with Crippen molar-refractivity contribution in [3.63, 3.8) is 0 Å². The van der Waals surface area contributed by atoms with Crippen molar-refractivity contribution in [3.8, 4) is 0 Å². The van der Waals surface area contributed by atoms with Gasteiger partial charge in [-0.25, -0.2) is 4.98 Å². The fraction of sp³-hybridized carbons (Fsp3) is 0.462. The molecule has 2 heterocycles. The SMILES string of the molecule is O=C(NC1CCCc2c1cnn2CCO)c1cscn1. The number of rotatable bonds is 4. The monoisotopic (exact) mass is 292 g/mol. The lowest BCUT2D eigenvalue weighted by molar-refractivity contribution is 0.0928. The zero-order valence-corrected chi connectivity index (χ0v) is 11.8. The number of fused-ring (bicyclic) bond motifs is 1. The van der Waals surface area contributed by atoms with E-state index in [0.29, 0.717) is 12.2 Å². The predicted octanol–water partition coefficient (Wildman–Crippen LogP) is 1.14. The Morgan fingerprint density at radius 1 is 1.60 bits per heavy atom. The molecule has 6 nitrogen and oxygen atoms in total. The van der Waals surface area contributed by atoms with Crippen LogP contribution in [0.4, 0.5) is 0 Å². The second kappa shape index (κ2) is 5.72. The lowest BCUT2D eigenvalue weighted by Crippen LogP contribution is -2.31. The van der Waals surface area contributed by atoms with Gasteiger partial charge in [0.25, 0.3) is 5.91 Å². The molecule has 1 unspecified atom stereocenters. The first-order valence-electron chi connectivity index (χ1n) is 6.64. The Morgan fingerprint density at radius 2 is 2.50 bits per heavy atom. The Hall–Kier alpha value is -1.73. The minimum absolute atomic E-state index is 0.0135. The molecule has 3 rings (SSSR count). The van der Waals surface area contributed by atoms with Crippen molar-refractivity contribution in [2.45, 2.75) is 31.8 Å². The largest absolute Gasteiger partial charge is 0.394 e. The molecule has 0 fully saturated rings. The van der Waals surface area contributed by atoms with Gasteiger partial charge in [0.2, 0.25) is 0 Å². The number of nitrogens with one attached hydrogen (secondary N) is 1. The number of aliphatic hydroxyl groups is 1. The summed E-state index contributed by atoms with van der Waals surface area (Å²) in [5.74, 6) is -0.140. The standard InChI is InChI=1S/C13H16N4O2S/c18-5-4-17-12-3-1-2-10(9(12)6-15-17)16-13(19)11-7-20-8-14-11/h6-8,10,18H,1-5H2,(H,16,19). The van der Waals surface area contributed by atoms with Crippen LogP contribution in [-0.2, 0) is 13.0 Å². The van der Waals surface area contributed by atoms with Gasteiger partial charge in [-0.1, -0.05) is 0 Å². The fourth-order valence-corrected chi connectivity index (χ4v) is 3.14. The van der Waals surface area contributed by atoms with E-state index in [9.17, 15) is 4.79 Å². The van der Waals surface area contributed by atoms with Crippen LogP contribution < -0.4 is 5.32 Å². The summed E-state index contributed by atoms with van der Waals surface area (Å²) in [7, 11) is 0. The molecule has 2 aromatic rings. The van der Waals surface area contributed by atoms with Gasteiger partial charge in [0.15, 0.2) is 0 Å². The predicted molar refractivity (Wildman–Crippen MR) is 74.6 cm³/mol. The summed E-state index contributed by atoms with van der Waals surface area (Å²) in [5, 5.41) is 18.1. The molecule has 7 heteroatoms. The maximum Gasteiger partial charge on any atom is 0.271 e. The van der Waals surface area contributed by atoms with Crippen LogP contribution in [0.1, 0.15) is 40.6 Å². The highest BCUT2D eigenvalue weighted by molar-refractivity contribution is 7.07. The van der Waals surface area contributed by atoms with E-state index in [0.717, 1.165) is 30.5 Å². The van der Waals surface area contributed by atoms with Gasteiger partial charge < -0.3 is 10.4 Å². The lowest BCUT2D eigenvalue weighted by atomic mass is 9.93. The second-order valence-electron chi connectivity index (χ2n) is 4.79. The smallest absolute Gasteiger partial charge is 0.271 e. The maximum atomic E-state index is 12.1. The molecule has 0 aromatic carbocycles. The van der Waals surface area contributed by atoms with E-state index < -0.39 is 0 Å². The van der Waals surface area contributed by atoms with Gasteiger partial charge in [0.1, 0.15) is 5.69 Å². The molecule has 1 amide bonds. The molecule has 106 valence electrons. The third-order valence-electron chi connectivity index (χ3n) is 3.54. The second-order valence-corrected chi connectivity index (χ2v) is 5.50. The molecule has 2 N–H and O–H groups in total. The quantitative estimate of drug-likeness (QED) is 0.885. The highest BCUT2D eigenvalue weighted by atomic mass is 32.1. The normalized spacial score (nSPS) is 17.8. The molecule has 0 saturated carbocycles. The number of carbonyl (C=O) groups is 1. The average molecular weight is 292 g/mol. The molecule has 0 saturated heterocycles. The minimum Gasteiger partial charge on any atom is -0.394 e. The number of amides is 1. The molecule has 2 aromatic heterocycles. The van der Waals surface area contributed by atoms with E-state index in [2.05, 4.69) is 15.4 Å². The third kappa shape index (κ3) is 2.46. The van der Waals surface area contributed by atoms with Crippen molar-refractivity contribution in [1.29, 1.82) is 0 Å². The van der Waals surface area contributed by atoms with Crippen LogP contribution in [0.5, 0.6) is 0 Å². The molecule has 20 heavy (non-hydrogen) atoms. The van der Waals surface area contributed by atoms with Crippen molar-refractivity contribution < 1.29 is 9.90 Å². The van der Waals surface area contributed by atoms with E-state index in [-0.39, 0.29) is 18.6 Å². The van der Waals surface area contributed by atoms with Gasteiger partial charge in [-0.05, 0) is 19.3 Å². The van der Waals surface area contributed by atoms with Gasteiger partial charge in [-0.15, -0.1) is 11.3 Å². The van der Waals surface area contributed by atoms with E-state index in [1.54, 1.807) is 17.1 Å². The van der Waals surface area contributed by atoms with Crippen LogP contribution in [0.25, 0.3) is 0 Å². The van der Waals surface area contributed by atoms with E-state index >= 15 is 0 Å². The number of aromatic nitrogens is 3. The number of hydrogen-bond donors (Lipinski definition) is 2. The summed E-state index contributed by atoms with van der Waals surface area (Å²) < 4.78 is 1.83. The van der Waals surface area contributed by atoms with Gasteiger partial charge in [-0.2, -0.15) is 5.10 Å². The Labute approximate surface area is 120 Å². The van der Waals surface area contributed by atoms with Crippen molar-refractivity contribution in [2.24, 2.45) is 0 Å². The first-order valence-corrected chi connectivity index (χ1v) is 7.58. The molecule has 1 aliphatic rings. The summed E-state index contributed by atoms with van der Waals surface area (Å²) in [4.78, 5) is 16.1. The zero-order valence-electron chi connectivity index (χ0n) is 11.0. The van der Waals surface area contributed by atoms with Gasteiger partial charge >= 0.3 is 0 Å². The first-order chi connectivity index (χ1) is 9.79.